The van der Waals surface area contributed by atoms with E-state index in [0.717, 1.165) is 30.9 Å². The van der Waals surface area contributed by atoms with Crippen molar-refractivity contribution in [3.05, 3.63) is 48.2 Å². The molecule has 3 heteroatoms. The molecule has 1 aliphatic rings. The van der Waals surface area contributed by atoms with Crippen LogP contribution < -0.4 is 4.57 Å². The zero-order chi connectivity index (χ0) is 12.8. The van der Waals surface area contributed by atoms with Crippen LogP contribution in [0, 0.1) is 6.92 Å². The Morgan fingerprint density at radius 3 is 3.05 bits per heavy atom. The van der Waals surface area contributed by atoms with Crippen LogP contribution in [-0.2, 0) is 13.1 Å². The summed E-state index contributed by atoms with van der Waals surface area (Å²) < 4.78 is 4.67. The summed E-state index contributed by atoms with van der Waals surface area (Å²) in [7, 11) is 0. The van der Waals surface area contributed by atoms with E-state index >= 15 is 0 Å². The summed E-state index contributed by atoms with van der Waals surface area (Å²) in [6, 6.07) is 12.8. The van der Waals surface area contributed by atoms with E-state index in [2.05, 4.69) is 58.7 Å². The van der Waals surface area contributed by atoms with Crippen LogP contribution in [0.15, 0.2) is 42.6 Å². The maximum absolute atomic E-state index is 4.84. The number of aromatic nitrogens is 3. The van der Waals surface area contributed by atoms with Gasteiger partial charge in [0.2, 0.25) is 11.5 Å². The van der Waals surface area contributed by atoms with Gasteiger partial charge in [0.15, 0.2) is 12.7 Å². The number of fused-ring (bicyclic) bond motifs is 5. The van der Waals surface area contributed by atoms with Crippen LogP contribution in [0.4, 0.5) is 0 Å². The summed E-state index contributed by atoms with van der Waals surface area (Å²) in [4.78, 5) is 4.84. The third kappa shape index (κ3) is 1.58. The topological polar surface area (TPSA) is 21.7 Å². The van der Waals surface area contributed by atoms with Crippen molar-refractivity contribution in [2.75, 3.05) is 0 Å². The molecule has 0 saturated heterocycles. The van der Waals surface area contributed by atoms with E-state index in [-0.39, 0.29) is 0 Å². The molecule has 4 rings (SSSR count). The maximum atomic E-state index is 4.84. The lowest BCUT2D eigenvalue weighted by atomic mass is 10.2. The first-order valence-corrected chi connectivity index (χ1v) is 6.79. The van der Waals surface area contributed by atoms with Gasteiger partial charge in [0.25, 0.3) is 0 Å². The van der Waals surface area contributed by atoms with Crippen LogP contribution in [-0.4, -0.2) is 9.55 Å². The minimum absolute atomic E-state index is 1.04. The number of imidazole rings is 1. The van der Waals surface area contributed by atoms with Gasteiger partial charge in [-0.3, -0.25) is 0 Å². The van der Waals surface area contributed by atoms with Crippen molar-refractivity contribution in [2.45, 2.75) is 26.4 Å². The number of pyridine rings is 1. The first-order chi connectivity index (χ1) is 9.33. The lowest BCUT2D eigenvalue weighted by Crippen LogP contribution is -2.35. The highest BCUT2D eigenvalue weighted by molar-refractivity contribution is 5.79. The molecular weight excluding hydrogens is 234 g/mol. The molecule has 3 aromatic rings. The third-order valence-electron chi connectivity index (χ3n) is 3.86. The molecule has 19 heavy (non-hydrogen) atoms. The summed E-state index contributed by atoms with van der Waals surface area (Å²) in [6.07, 6.45) is 3.33. The van der Waals surface area contributed by atoms with Gasteiger partial charge in [0.1, 0.15) is 0 Å². The summed E-state index contributed by atoms with van der Waals surface area (Å²) in [6.45, 7) is 4.24. The number of nitrogens with zero attached hydrogens (tertiary/aromatic N) is 3. The van der Waals surface area contributed by atoms with Gasteiger partial charge in [-0.15, -0.1) is 0 Å². The second-order valence-electron chi connectivity index (χ2n) is 5.21. The lowest BCUT2D eigenvalue weighted by molar-refractivity contribution is -0.686. The number of hydrogen-bond donors (Lipinski definition) is 0. The van der Waals surface area contributed by atoms with Crippen molar-refractivity contribution >= 4 is 11.0 Å². The zero-order valence-electron chi connectivity index (χ0n) is 11.0. The summed E-state index contributed by atoms with van der Waals surface area (Å²) in [5.41, 5.74) is 4.85. The quantitative estimate of drug-likeness (QED) is 0.562. The molecule has 1 aromatic carbocycles. The minimum atomic E-state index is 1.04. The van der Waals surface area contributed by atoms with Crippen molar-refractivity contribution in [3.63, 3.8) is 0 Å². The summed E-state index contributed by atoms with van der Waals surface area (Å²) >= 11 is 0. The van der Waals surface area contributed by atoms with E-state index in [9.17, 15) is 0 Å². The Morgan fingerprint density at radius 1 is 1.21 bits per heavy atom. The predicted octanol–water partition coefficient (Wildman–Crippen LogP) is 2.70. The van der Waals surface area contributed by atoms with E-state index in [0.29, 0.717) is 0 Å². The SMILES string of the molecule is Cc1cc[n+]2c(c1)-c1nc3ccccc3n1CCC2. The molecule has 3 heterocycles. The molecule has 0 fully saturated rings. The molecule has 0 radical (unpaired) electrons. The molecule has 0 N–H and O–H groups in total. The van der Waals surface area contributed by atoms with E-state index in [4.69, 9.17) is 4.98 Å². The minimum Gasteiger partial charge on any atom is -0.319 e. The van der Waals surface area contributed by atoms with E-state index in [1.54, 1.807) is 0 Å². The third-order valence-corrected chi connectivity index (χ3v) is 3.86. The monoisotopic (exact) mass is 250 g/mol. The standard InChI is InChI=1S/C16H16N3/c1-12-7-10-18-8-4-9-19-14-6-3-2-5-13(14)17-16(19)15(18)11-12/h2-3,5-7,10-11H,4,8-9H2,1H3/q+1. The van der Waals surface area contributed by atoms with Gasteiger partial charge in [0, 0.05) is 25.1 Å². The van der Waals surface area contributed by atoms with Crippen LogP contribution in [0.2, 0.25) is 0 Å². The Balaban J connectivity index is 2.08. The summed E-state index contributed by atoms with van der Waals surface area (Å²) in [5.74, 6) is 1.10. The van der Waals surface area contributed by atoms with E-state index in [1.807, 2.05) is 0 Å². The normalized spacial score (nSPS) is 13.9. The first-order valence-electron chi connectivity index (χ1n) is 6.79. The van der Waals surface area contributed by atoms with Crippen LogP contribution in [0.25, 0.3) is 22.6 Å². The van der Waals surface area contributed by atoms with Crippen LogP contribution in [0.3, 0.4) is 0 Å². The molecule has 3 nitrogen and oxygen atoms in total. The average molecular weight is 250 g/mol. The maximum Gasteiger partial charge on any atom is 0.248 e. The zero-order valence-corrected chi connectivity index (χ0v) is 11.0. The fraction of sp³-hybridized carbons (Fsp3) is 0.250. The number of benzene rings is 1. The highest BCUT2D eigenvalue weighted by Crippen LogP contribution is 2.25. The Kier molecular flexibility index (Phi) is 2.21. The second-order valence-corrected chi connectivity index (χ2v) is 5.21. The van der Waals surface area contributed by atoms with Gasteiger partial charge in [-0.25, -0.2) is 4.98 Å². The Bertz CT molecular complexity index is 771. The molecule has 0 bridgehead atoms. The Hall–Kier alpha value is -2.16. The molecule has 0 spiro atoms. The molecule has 94 valence electrons. The van der Waals surface area contributed by atoms with Crippen molar-refractivity contribution in [1.29, 1.82) is 0 Å². The fourth-order valence-electron chi connectivity index (χ4n) is 2.92. The Labute approximate surface area is 112 Å². The highest BCUT2D eigenvalue weighted by atomic mass is 15.1. The number of rotatable bonds is 0. The second kappa shape index (κ2) is 3.92. The fourth-order valence-corrected chi connectivity index (χ4v) is 2.92. The number of aryl methyl sites for hydroxylation is 3. The summed E-state index contributed by atoms with van der Waals surface area (Å²) in [5, 5.41) is 0. The smallest absolute Gasteiger partial charge is 0.248 e. The largest absolute Gasteiger partial charge is 0.319 e. The van der Waals surface area contributed by atoms with E-state index in [1.165, 1.54) is 16.8 Å². The van der Waals surface area contributed by atoms with Crippen LogP contribution >= 0.6 is 0 Å². The molecule has 0 aliphatic carbocycles. The van der Waals surface area contributed by atoms with Crippen molar-refractivity contribution in [3.8, 4) is 11.5 Å². The van der Waals surface area contributed by atoms with Crippen molar-refractivity contribution in [2.24, 2.45) is 0 Å². The van der Waals surface area contributed by atoms with Gasteiger partial charge < -0.3 is 4.57 Å². The first kappa shape index (κ1) is 10.7. The number of hydrogen-bond acceptors (Lipinski definition) is 1. The van der Waals surface area contributed by atoms with Gasteiger partial charge in [0.05, 0.1) is 11.0 Å². The molecular formula is C16H16N3+. The van der Waals surface area contributed by atoms with Gasteiger partial charge in [-0.1, -0.05) is 12.1 Å². The Morgan fingerprint density at radius 2 is 2.11 bits per heavy atom. The van der Waals surface area contributed by atoms with E-state index < -0.39 is 0 Å². The van der Waals surface area contributed by atoms with Crippen LogP contribution in [0.1, 0.15) is 12.0 Å². The molecule has 0 atom stereocenters. The highest BCUT2D eigenvalue weighted by Gasteiger charge is 2.24. The predicted molar refractivity (Wildman–Crippen MR) is 74.7 cm³/mol. The van der Waals surface area contributed by atoms with Crippen LogP contribution in [0.5, 0.6) is 0 Å². The van der Waals surface area contributed by atoms with Crippen molar-refractivity contribution in [1.82, 2.24) is 9.55 Å². The molecule has 0 saturated carbocycles. The van der Waals surface area contributed by atoms with Gasteiger partial charge in [-0.05, 0) is 24.6 Å². The average Bonchev–Trinajstić information content (AvgIpc) is 2.70. The molecule has 2 aromatic heterocycles. The van der Waals surface area contributed by atoms with Crippen molar-refractivity contribution < 1.29 is 4.57 Å². The molecule has 0 amide bonds. The van der Waals surface area contributed by atoms with Gasteiger partial charge in [-0.2, -0.15) is 4.57 Å². The molecule has 1 aliphatic heterocycles. The number of para-hydroxylation sites is 2. The van der Waals surface area contributed by atoms with Gasteiger partial charge >= 0.3 is 0 Å². The molecule has 0 unspecified atom stereocenters. The lowest BCUT2D eigenvalue weighted by Gasteiger charge is -2.02.